The number of carboxylic acid groups (broad SMARTS) is 1. The van der Waals surface area contributed by atoms with E-state index in [1.54, 1.807) is 4.90 Å². The minimum absolute atomic E-state index is 0.00507. The topological polar surface area (TPSA) is 105 Å². The number of benzene rings is 1. The smallest absolute Gasteiger partial charge is 0.414 e. The third-order valence-corrected chi connectivity index (χ3v) is 8.57. The van der Waals surface area contributed by atoms with Crippen LogP contribution in [0, 0.1) is 5.92 Å². The number of hydrogen-bond acceptors (Lipinski definition) is 5. The number of anilines is 1. The molecule has 1 saturated heterocycles. The number of carboxylic acids is 1. The molecule has 1 aromatic heterocycles. The number of aromatic nitrogens is 2. The van der Waals surface area contributed by atoms with Crippen LogP contribution >= 0.6 is 0 Å². The zero-order valence-corrected chi connectivity index (χ0v) is 22.1. The molecule has 2 aromatic rings. The lowest BCUT2D eigenvalue weighted by molar-refractivity contribution is -0.143. The summed E-state index contributed by atoms with van der Waals surface area (Å²) in [7, 11) is 1.40. The minimum atomic E-state index is -0.734. The van der Waals surface area contributed by atoms with Crippen molar-refractivity contribution in [1.29, 1.82) is 0 Å². The molecule has 1 aromatic carbocycles. The molecule has 3 aliphatic rings. The molecule has 0 bridgehead atoms. The maximum Gasteiger partial charge on any atom is 0.414 e. The van der Waals surface area contributed by atoms with Crippen LogP contribution in [0.25, 0.3) is 11.0 Å². The molecule has 3 heterocycles. The van der Waals surface area contributed by atoms with Crippen LogP contribution in [0.5, 0.6) is 0 Å². The maximum atomic E-state index is 12.6. The molecule has 9 nitrogen and oxygen atoms in total. The molecule has 9 heteroatoms. The van der Waals surface area contributed by atoms with Crippen molar-refractivity contribution in [2.24, 2.45) is 5.92 Å². The molecule has 0 spiro atoms. The van der Waals surface area contributed by atoms with E-state index in [0.29, 0.717) is 25.8 Å². The number of carbonyl (C=O) groups is 3. The fraction of sp³-hybridized carbons (Fsp3) is 0.643. The van der Waals surface area contributed by atoms with Gasteiger partial charge in [-0.3, -0.25) is 14.5 Å². The monoisotopic (exact) mass is 510 g/mol. The summed E-state index contributed by atoms with van der Waals surface area (Å²) in [5.74, 6) is -0.000854. The fourth-order valence-electron chi connectivity index (χ4n) is 6.61. The molecule has 1 aliphatic carbocycles. The molecule has 0 radical (unpaired) electrons. The largest absolute Gasteiger partial charge is 0.481 e. The van der Waals surface area contributed by atoms with Crippen molar-refractivity contribution in [2.45, 2.75) is 89.6 Å². The Kier molecular flexibility index (Phi) is 7.14. The Hall–Kier alpha value is -3.10. The number of hydrogen-bond donors (Lipinski definition) is 1. The van der Waals surface area contributed by atoms with E-state index in [1.807, 2.05) is 24.0 Å². The first-order valence-corrected chi connectivity index (χ1v) is 13.7. The average molecular weight is 511 g/mol. The summed E-state index contributed by atoms with van der Waals surface area (Å²) in [6, 6.07) is 4.08. The number of likely N-dealkylation sites (tertiary alicyclic amines) is 1. The number of rotatable bonds is 5. The summed E-state index contributed by atoms with van der Waals surface area (Å²) in [5.41, 5.74) is 3.73. The molecule has 200 valence electrons. The minimum Gasteiger partial charge on any atom is -0.481 e. The summed E-state index contributed by atoms with van der Waals surface area (Å²) in [5, 5.41) is 9.76. The Morgan fingerprint density at radius 2 is 1.97 bits per heavy atom. The number of imidazole rings is 1. The van der Waals surface area contributed by atoms with Crippen molar-refractivity contribution in [3.8, 4) is 0 Å². The Morgan fingerprint density at radius 1 is 1.16 bits per heavy atom. The Morgan fingerprint density at radius 3 is 2.70 bits per heavy atom. The highest BCUT2D eigenvalue weighted by Crippen LogP contribution is 2.41. The molecule has 1 saturated carbocycles. The van der Waals surface area contributed by atoms with Crippen molar-refractivity contribution in [1.82, 2.24) is 14.5 Å². The molecular weight excluding hydrogens is 472 g/mol. The van der Waals surface area contributed by atoms with E-state index < -0.39 is 5.97 Å². The molecule has 2 fully saturated rings. The molecule has 1 N–H and O–H groups in total. The van der Waals surface area contributed by atoms with Crippen LogP contribution in [0.2, 0.25) is 0 Å². The second kappa shape index (κ2) is 10.3. The van der Waals surface area contributed by atoms with Gasteiger partial charge < -0.3 is 19.3 Å². The van der Waals surface area contributed by atoms with Gasteiger partial charge in [0.15, 0.2) is 0 Å². The Bertz CT molecular complexity index is 1210. The van der Waals surface area contributed by atoms with E-state index in [1.165, 1.54) is 7.11 Å². The van der Waals surface area contributed by atoms with Crippen LogP contribution in [0.3, 0.4) is 0 Å². The molecule has 37 heavy (non-hydrogen) atoms. The third-order valence-electron chi connectivity index (χ3n) is 8.57. The van der Waals surface area contributed by atoms with Gasteiger partial charge in [-0.2, -0.15) is 0 Å². The van der Waals surface area contributed by atoms with Crippen molar-refractivity contribution in [2.75, 3.05) is 25.1 Å². The zero-order valence-electron chi connectivity index (χ0n) is 22.1. The quantitative estimate of drug-likeness (QED) is 0.615. The fourth-order valence-corrected chi connectivity index (χ4v) is 6.61. The molecule has 5 rings (SSSR count). The zero-order chi connectivity index (χ0) is 26.3. The highest BCUT2D eigenvalue weighted by molar-refractivity contribution is 5.95. The highest BCUT2D eigenvalue weighted by atomic mass is 16.5. The van der Waals surface area contributed by atoms with E-state index >= 15 is 0 Å². The Balaban J connectivity index is 1.61. The van der Waals surface area contributed by atoms with Gasteiger partial charge in [-0.05, 0) is 64.0 Å². The number of ether oxygens (including phenoxy) is 1. The van der Waals surface area contributed by atoms with Gasteiger partial charge in [0, 0.05) is 43.1 Å². The van der Waals surface area contributed by atoms with Crippen LogP contribution < -0.4 is 4.90 Å². The number of amides is 2. The van der Waals surface area contributed by atoms with Gasteiger partial charge in [0.1, 0.15) is 5.82 Å². The van der Waals surface area contributed by atoms with E-state index in [2.05, 4.69) is 11.5 Å². The summed E-state index contributed by atoms with van der Waals surface area (Å²) in [4.78, 5) is 46.0. The summed E-state index contributed by atoms with van der Waals surface area (Å²) in [6.07, 6.45) is 6.85. The first-order chi connectivity index (χ1) is 17.8. The van der Waals surface area contributed by atoms with Crippen LogP contribution in [0.1, 0.15) is 88.6 Å². The van der Waals surface area contributed by atoms with E-state index in [9.17, 15) is 19.5 Å². The normalized spacial score (nSPS) is 25.2. The van der Waals surface area contributed by atoms with Crippen LogP contribution in [-0.4, -0.2) is 63.8 Å². The van der Waals surface area contributed by atoms with E-state index in [0.717, 1.165) is 73.2 Å². The van der Waals surface area contributed by atoms with Crippen molar-refractivity contribution < 1.29 is 24.2 Å². The lowest BCUT2D eigenvalue weighted by atomic mass is 9.85. The molecular formula is C28H38N4O5. The number of nitrogens with zero attached hydrogens (tertiary/aromatic N) is 4. The first-order valence-electron chi connectivity index (χ1n) is 13.7. The first kappa shape index (κ1) is 25.5. The lowest BCUT2D eigenvalue weighted by Gasteiger charge is -2.34. The summed E-state index contributed by atoms with van der Waals surface area (Å²) in [6.45, 7) is 5.52. The number of piperidine rings is 1. The second-order valence-electron chi connectivity index (χ2n) is 11.1. The predicted molar refractivity (Wildman–Crippen MR) is 140 cm³/mol. The van der Waals surface area contributed by atoms with Crippen molar-refractivity contribution in [3.05, 3.63) is 23.5 Å². The Labute approximate surface area is 217 Å². The van der Waals surface area contributed by atoms with Crippen LogP contribution in [0.15, 0.2) is 12.1 Å². The van der Waals surface area contributed by atoms with Gasteiger partial charge in [-0.25, -0.2) is 9.78 Å². The molecule has 2 amide bonds. The maximum absolute atomic E-state index is 12.6. The van der Waals surface area contributed by atoms with E-state index in [-0.39, 0.29) is 35.9 Å². The van der Waals surface area contributed by atoms with Gasteiger partial charge in [0.2, 0.25) is 5.91 Å². The number of aliphatic carboxylic acids is 1. The predicted octanol–water partition coefficient (Wildman–Crippen LogP) is 4.88. The SMILES string of the molecule is COC(=O)N1c2ccc3c(nc(C(C)CN4CCCCC4=O)n3[C@@H]3CCC[C@H](C(=O)O)C3)c2CC[C@@H]1C. The molecule has 2 aliphatic heterocycles. The van der Waals surface area contributed by atoms with Gasteiger partial charge in [0.25, 0.3) is 0 Å². The molecule has 1 unspecified atom stereocenters. The summed E-state index contributed by atoms with van der Waals surface area (Å²) >= 11 is 0. The van der Waals surface area contributed by atoms with Crippen molar-refractivity contribution in [3.63, 3.8) is 0 Å². The number of methoxy groups -OCH3 is 1. The van der Waals surface area contributed by atoms with Crippen LogP contribution in [-0.2, 0) is 20.7 Å². The average Bonchev–Trinajstić information content (AvgIpc) is 3.29. The van der Waals surface area contributed by atoms with Gasteiger partial charge in [0.05, 0.1) is 29.7 Å². The lowest BCUT2D eigenvalue weighted by Crippen LogP contribution is -2.42. The number of fused-ring (bicyclic) bond motifs is 3. The standard InChI is InChI=1S/C28H38N4O5/c1-17(16-30-14-5-4-9-24(30)33)26-29-25-21-11-10-18(2)31(28(36)37-3)22(21)12-13-23(25)32(26)20-8-6-7-19(15-20)27(34)35/h12-13,17-20H,4-11,14-16H2,1-3H3,(H,34,35)/t17?,18-,19-,20+/m0/s1. The third kappa shape index (κ3) is 4.68. The second-order valence-corrected chi connectivity index (χ2v) is 11.1. The van der Waals surface area contributed by atoms with Gasteiger partial charge in [-0.1, -0.05) is 13.3 Å². The van der Waals surface area contributed by atoms with Crippen LogP contribution in [0.4, 0.5) is 10.5 Å². The molecule has 4 atom stereocenters. The van der Waals surface area contributed by atoms with Crippen molar-refractivity contribution >= 4 is 34.7 Å². The number of aryl methyl sites for hydroxylation is 1. The van der Waals surface area contributed by atoms with Gasteiger partial charge >= 0.3 is 12.1 Å². The van der Waals surface area contributed by atoms with E-state index in [4.69, 9.17) is 9.72 Å². The number of carbonyl (C=O) groups excluding carboxylic acids is 2. The summed E-state index contributed by atoms with van der Waals surface area (Å²) < 4.78 is 7.36. The van der Waals surface area contributed by atoms with Gasteiger partial charge in [-0.15, -0.1) is 0 Å². The highest BCUT2D eigenvalue weighted by Gasteiger charge is 2.35.